The highest BCUT2D eigenvalue weighted by Gasteiger charge is 2.21. The Balaban J connectivity index is 2.23. The van der Waals surface area contributed by atoms with Gasteiger partial charge in [-0.2, -0.15) is 4.68 Å². The number of tetrazole rings is 1. The molecule has 1 aromatic carbocycles. The normalized spacial score (nSPS) is 11.0. The predicted molar refractivity (Wildman–Crippen MR) is 84.9 cm³/mol. The van der Waals surface area contributed by atoms with E-state index in [2.05, 4.69) is 15.5 Å². The lowest BCUT2D eigenvalue weighted by Gasteiger charge is -2.07. The molecule has 0 aliphatic rings. The van der Waals surface area contributed by atoms with E-state index in [4.69, 9.17) is 0 Å². The summed E-state index contributed by atoms with van der Waals surface area (Å²) in [4.78, 5) is 12.9. The maximum atomic E-state index is 12.9. The summed E-state index contributed by atoms with van der Waals surface area (Å²) in [5, 5.41) is 12.3. The van der Waals surface area contributed by atoms with Gasteiger partial charge in [0.1, 0.15) is 0 Å². The SMILES string of the molecule is CCSc1nnnn1-c1c(C)n(C)n(-c2ccccc2)c1=O. The maximum Gasteiger partial charge on any atom is 0.297 e. The number of thioether (sulfide) groups is 1. The third kappa shape index (κ3) is 2.25. The average Bonchev–Trinajstić information content (AvgIpc) is 3.05. The van der Waals surface area contributed by atoms with Gasteiger partial charge in [0, 0.05) is 7.05 Å². The first kappa shape index (κ1) is 14.6. The first-order chi connectivity index (χ1) is 10.6. The van der Waals surface area contributed by atoms with E-state index >= 15 is 0 Å². The van der Waals surface area contributed by atoms with Crippen LogP contribution in [0.2, 0.25) is 0 Å². The molecule has 0 saturated carbocycles. The van der Waals surface area contributed by atoms with E-state index in [1.54, 1.807) is 4.68 Å². The van der Waals surface area contributed by atoms with Crippen molar-refractivity contribution in [2.75, 3.05) is 5.75 Å². The Morgan fingerprint density at radius 1 is 1.23 bits per heavy atom. The smallest absolute Gasteiger partial charge is 0.283 e. The van der Waals surface area contributed by atoms with E-state index in [9.17, 15) is 4.79 Å². The van der Waals surface area contributed by atoms with E-state index in [1.807, 2.05) is 55.9 Å². The topological polar surface area (TPSA) is 70.5 Å². The van der Waals surface area contributed by atoms with Gasteiger partial charge in [-0.1, -0.05) is 36.9 Å². The van der Waals surface area contributed by atoms with Crippen LogP contribution < -0.4 is 5.56 Å². The van der Waals surface area contributed by atoms with Crippen molar-refractivity contribution in [2.45, 2.75) is 19.0 Å². The highest BCUT2D eigenvalue weighted by atomic mass is 32.2. The zero-order chi connectivity index (χ0) is 15.7. The van der Waals surface area contributed by atoms with Gasteiger partial charge in [0.15, 0.2) is 5.69 Å². The Morgan fingerprint density at radius 2 is 1.95 bits per heavy atom. The van der Waals surface area contributed by atoms with Crippen molar-refractivity contribution in [3.05, 3.63) is 46.4 Å². The van der Waals surface area contributed by atoms with E-state index in [-0.39, 0.29) is 5.56 Å². The molecule has 0 amide bonds. The molecule has 0 atom stereocenters. The molecule has 3 aromatic rings. The van der Waals surface area contributed by atoms with Crippen molar-refractivity contribution in [1.82, 2.24) is 29.6 Å². The van der Waals surface area contributed by atoms with Crippen LogP contribution in [-0.4, -0.2) is 35.3 Å². The highest BCUT2D eigenvalue weighted by Crippen LogP contribution is 2.19. The van der Waals surface area contributed by atoms with Gasteiger partial charge in [0.2, 0.25) is 5.16 Å². The zero-order valence-electron chi connectivity index (χ0n) is 12.6. The Kier molecular flexibility index (Phi) is 3.84. The predicted octanol–water partition coefficient (Wildman–Crippen LogP) is 1.57. The van der Waals surface area contributed by atoms with Crippen LogP contribution in [0.15, 0.2) is 40.3 Å². The lowest BCUT2D eigenvalue weighted by atomic mass is 10.3. The molecule has 3 rings (SSSR count). The first-order valence-corrected chi connectivity index (χ1v) is 7.89. The second-order valence-corrected chi connectivity index (χ2v) is 5.95. The van der Waals surface area contributed by atoms with E-state index < -0.39 is 0 Å². The number of hydrogen-bond donors (Lipinski definition) is 0. The van der Waals surface area contributed by atoms with Crippen LogP contribution in [0.4, 0.5) is 0 Å². The lowest BCUT2D eigenvalue weighted by molar-refractivity contribution is 0.630. The summed E-state index contributed by atoms with van der Waals surface area (Å²) in [6, 6.07) is 9.51. The molecule has 0 radical (unpaired) electrons. The largest absolute Gasteiger partial charge is 0.297 e. The third-order valence-corrected chi connectivity index (χ3v) is 4.25. The fourth-order valence-electron chi connectivity index (χ4n) is 2.34. The quantitative estimate of drug-likeness (QED) is 0.683. The number of benzene rings is 1. The maximum absolute atomic E-state index is 12.9. The summed E-state index contributed by atoms with van der Waals surface area (Å²) >= 11 is 1.50. The molecule has 22 heavy (non-hydrogen) atoms. The molecule has 0 fully saturated rings. The molecule has 0 bridgehead atoms. The van der Waals surface area contributed by atoms with Gasteiger partial charge in [0.25, 0.3) is 5.56 Å². The monoisotopic (exact) mass is 316 g/mol. The van der Waals surface area contributed by atoms with Gasteiger partial charge < -0.3 is 0 Å². The van der Waals surface area contributed by atoms with Crippen LogP contribution in [-0.2, 0) is 7.05 Å². The van der Waals surface area contributed by atoms with Crippen LogP contribution in [0.1, 0.15) is 12.6 Å². The molecular weight excluding hydrogens is 300 g/mol. The van der Waals surface area contributed by atoms with Gasteiger partial charge in [-0.05, 0) is 35.2 Å². The van der Waals surface area contributed by atoms with Gasteiger partial charge in [-0.25, -0.2) is 4.68 Å². The Hall–Kier alpha value is -2.35. The molecule has 0 saturated heterocycles. The molecule has 0 aliphatic heterocycles. The van der Waals surface area contributed by atoms with Crippen molar-refractivity contribution in [1.29, 1.82) is 0 Å². The van der Waals surface area contributed by atoms with E-state index in [1.165, 1.54) is 16.4 Å². The van der Waals surface area contributed by atoms with Crippen LogP contribution in [0, 0.1) is 6.92 Å². The molecule has 2 heterocycles. The second-order valence-electron chi connectivity index (χ2n) is 4.72. The minimum Gasteiger partial charge on any atom is -0.283 e. The van der Waals surface area contributed by atoms with Gasteiger partial charge >= 0.3 is 0 Å². The fraction of sp³-hybridized carbons (Fsp3) is 0.286. The summed E-state index contributed by atoms with van der Waals surface area (Å²) in [5.41, 5.74) is 1.95. The molecule has 7 nitrogen and oxygen atoms in total. The second kappa shape index (κ2) is 5.80. The van der Waals surface area contributed by atoms with Crippen molar-refractivity contribution in [3.63, 3.8) is 0 Å². The molecule has 2 aromatic heterocycles. The van der Waals surface area contributed by atoms with E-state index in [0.29, 0.717) is 10.8 Å². The summed E-state index contributed by atoms with van der Waals surface area (Å²) in [6.45, 7) is 3.90. The molecule has 0 unspecified atom stereocenters. The molecule has 0 aliphatic carbocycles. The standard InChI is InChI=1S/C14H16N6OS/c1-4-22-14-15-16-17-19(14)12-10(2)18(3)20(13(12)21)11-8-6-5-7-9-11/h5-9H,4H2,1-3H3. The third-order valence-electron chi connectivity index (χ3n) is 3.45. The van der Waals surface area contributed by atoms with Gasteiger partial charge in [-0.15, -0.1) is 5.10 Å². The number of para-hydroxylation sites is 1. The Bertz CT molecular complexity index is 848. The molecule has 0 N–H and O–H groups in total. The van der Waals surface area contributed by atoms with Crippen LogP contribution in [0.5, 0.6) is 0 Å². The average molecular weight is 316 g/mol. The zero-order valence-corrected chi connectivity index (χ0v) is 13.4. The summed E-state index contributed by atoms with van der Waals surface area (Å²) < 4.78 is 4.95. The summed E-state index contributed by atoms with van der Waals surface area (Å²) in [5.74, 6) is 0.832. The summed E-state index contributed by atoms with van der Waals surface area (Å²) in [7, 11) is 1.85. The van der Waals surface area contributed by atoms with E-state index in [0.717, 1.165) is 17.1 Å². The van der Waals surface area contributed by atoms with Crippen molar-refractivity contribution >= 4 is 11.8 Å². The summed E-state index contributed by atoms with van der Waals surface area (Å²) in [6.07, 6.45) is 0. The van der Waals surface area contributed by atoms with Crippen molar-refractivity contribution in [2.24, 2.45) is 7.05 Å². The molecular formula is C14H16N6OS. The van der Waals surface area contributed by atoms with Crippen molar-refractivity contribution < 1.29 is 0 Å². The van der Waals surface area contributed by atoms with Gasteiger partial charge in [0.05, 0.1) is 11.4 Å². The minimum absolute atomic E-state index is 0.142. The first-order valence-electron chi connectivity index (χ1n) is 6.90. The van der Waals surface area contributed by atoms with Crippen LogP contribution in [0.25, 0.3) is 11.4 Å². The number of nitrogens with zero attached hydrogens (tertiary/aromatic N) is 6. The minimum atomic E-state index is -0.142. The number of aromatic nitrogens is 6. The number of hydrogen-bond acceptors (Lipinski definition) is 5. The molecule has 0 spiro atoms. The number of rotatable bonds is 4. The fourth-order valence-corrected chi connectivity index (χ4v) is 2.94. The lowest BCUT2D eigenvalue weighted by Crippen LogP contribution is -2.22. The highest BCUT2D eigenvalue weighted by molar-refractivity contribution is 7.99. The Labute approximate surface area is 131 Å². The van der Waals surface area contributed by atoms with Crippen LogP contribution in [0.3, 0.4) is 0 Å². The molecule has 114 valence electrons. The van der Waals surface area contributed by atoms with Gasteiger partial charge in [-0.3, -0.25) is 9.48 Å². The van der Waals surface area contributed by atoms with Crippen molar-refractivity contribution in [3.8, 4) is 11.4 Å². The molecule has 8 heteroatoms. The van der Waals surface area contributed by atoms with Crippen LogP contribution >= 0.6 is 11.8 Å². The Morgan fingerprint density at radius 3 is 2.64 bits per heavy atom.